The quantitative estimate of drug-likeness (QED) is 0.842. The fraction of sp³-hybridized carbons (Fsp3) is 0.308. The maximum absolute atomic E-state index is 11.9. The van der Waals surface area contributed by atoms with Crippen molar-refractivity contribution in [1.29, 1.82) is 0 Å². The Morgan fingerprint density at radius 1 is 1.42 bits per heavy atom. The molecule has 1 unspecified atom stereocenters. The molecule has 1 aromatic heterocycles. The van der Waals surface area contributed by atoms with E-state index in [2.05, 4.69) is 15.5 Å². The molecule has 2 aromatic rings. The molecule has 0 radical (unpaired) electrons. The number of hydrogen-bond donors (Lipinski definition) is 1. The minimum atomic E-state index is -0.666. The number of rotatable bonds is 5. The van der Waals surface area contributed by atoms with E-state index in [9.17, 15) is 4.79 Å². The summed E-state index contributed by atoms with van der Waals surface area (Å²) in [5.41, 5.74) is 0.792. The van der Waals surface area contributed by atoms with Crippen molar-refractivity contribution in [3.05, 3.63) is 48.0 Å². The van der Waals surface area contributed by atoms with E-state index in [-0.39, 0.29) is 5.91 Å². The summed E-state index contributed by atoms with van der Waals surface area (Å²) in [5.74, 6) is 0.626. The first kappa shape index (κ1) is 13.5. The lowest BCUT2D eigenvalue weighted by molar-refractivity contribution is -0.120. The minimum absolute atomic E-state index is 0.199. The fourth-order valence-electron chi connectivity index (χ4n) is 1.69. The number of alkyl halides is 1. The molecular formula is C13H15ClN4O. The van der Waals surface area contributed by atoms with Gasteiger partial charge in [0.2, 0.25) is 5.91 Å². The van der Waals surface area contributed by atoms with Crippen LogP contribution in [-0.4, -0.2) is 27.2 Å². The Kier molecular flexibility index (Phi) is 4.52. The molecule has 2 rings (SSSR count). The number of hydrogen-bond acceptors (Lipinski definition) is 3. The predicted octanol–water partition coefficient (Wildman–Crippen LogP) is 1.45. The van der Waals surface area contributed by atoms with Crippen LogP contribution in [0.3, 0.4) is 0 Å². The third-order valence-corrected chi connectivity index (χ3v) is 3.23. The summed E-state index contributed by atoms with van der Waals surface area (Å²) >= 11 is 6.10. The summed E-state index contributed by atoms with van der Waals surface area (Å²) in [4.78, 5) is 11.9. The van der Waals surface area contributed by atoms with Crippen LogP contribution in [0, 0.1) is 0 Å². The molecule has 0 spiro atoms. The second kappa shape index (κ2) is 6.33. The monoisotopic (exact) mass is 278 g/mol. The number of aromatic nitrogens is 3. The van der Waals surface area contributed by atoms with Gasteiger partial charge in [0.1, 0.15) is 17.5 Å². The van der Waals surface area contributed by atoms with Crippen LogP contribution >= 0.6 is 11.6 Å². The standard InChI is InChI=1S/C13H15ClN4O/c1-18-9-16-17-11(18)7-8-15-13(19)12(14)10-5-3-2-4-6-10/h2-6,9,12H,7-8H2,1H3,(H,15,19). The summed E-state index contributed by atoms with van der Waals surface area (Å²) in [6.45, 7) is 0.488. The Morgan fingerprint density at radius 2 is 2.16 bits per heavy atom. The van der Waals surface area contributed by atoms with Gasteiger partial charge in [-0.05, 0) is 5.56 Å². The van der Waals surface area contributed by atoms with Crippen LogP contribution in [0.1, 0.15) is 16.8 Å². The Morgan fingerprint density at radius 3 is 2.79 bits per heavy atom. The molecule has 0 saturated heterocycles. The van der Waals surface area contributed by atoms with Gasteiger partial charge < -0.3 is 9.88 Å². The van der Waals surface area contributed by atoms with Gasteiger partial charge in [0.25, 0.3) is 0 Å². The van der Waals surface area contributed by atoms with Gasteiger partial charge in [0.15, 0.2) is 0 Å². The molecule has 0 aliphatic carbocycles. The summed E-state index contributed by atoms with van der Waals surface area (Å²) in [6.07, 6.45) is 2.26. The number of aryl methyl sites for hydroxylation is 1. The van der Waals surface area contributed by atoms with Gasteiger partial charge in [-0.2, -0.15) is 0 Å². The lowest BCUT2D eigenvalue weighted by Crippen LogP contribution is -2.29. The molecule has 0 bridgehead atoms. The number of amides is 1. The Labute approximate surface area is 116 Å². The van der Waals surface area contributed by atoms with Crippen LogP contribution in [0.15, 0.2) is 36.7 Å². The highest BCUT2D eigenvalue weighted by Gasteiger charge is 2.16. The number of carbonyl (C=O) groups excluding carboxylic acids is 1. The van der Waals surface area contributed by atoms with E-state index in [1.165, 1.54) is 0 Å². The van der Waals surface area contributed by atoms with Crippen LogP contribution in [0.25, 0.3) is 0 Å². The largest absolute Gasteiger partial charge is 0.354 e. The van der Waals surface area contributed by atoms with Crippen LogP contribution in [0.4, 0.5) is 0 Å². The minimum Gasteiger partial charge on any atom is -0.354 e. The average molecular weight is 279 g/mol. The molecule has 1 heterocycles. The average Bonchev–Trinajstić information content (AvgIpc) is 2.84. The highest BCUT2D eigenvalue weighted by molar-refractivity contribution is 6.30. The molecular weight excluding hydrogens is 264 g/mol. The topological polar surface area (TPSA) is 59.8 Å². The van der Waals surface area contributed by atoms with E-state index in [1.54, 1.807) is 6.33 Å². The molecule has 0 aliphatic heterocycles. The van der Waals surface area contributed by atoms with E-state index in [0.29, 0.717) is 13.0 Å². The van der Waals surface area contributed by atoms with Crippen LogP contribution in [0.2, 0.25) is 0 Å². The second-order valence-electron chi connectivity index (χ2n) is 4.17. The zero-order valence-electron chi connectivity index (χ0n) is 10.6. The van der Waals surface area contributed by atoms with Crippen molar-refractivity contribution in [1.82, 2.24) is 20.1 Å². The summed E-state index contributed by atoms with van der Waals surface area (Å²) in [5, 5.41) is 9.85. The summed E-state index contributed by atoms with van der Waals surface area (Å²) in [6, 6.07) is 9.27. The third-order valence-electron chi connectivity index (χ3n) is 2.78. The van der Waals surface area contributed by atoms with Gasteiger partial charge in [0, 0.05) is 20.0 Å². The molecule has 0 aliphatic rings. The molecule has 1 aromatic carbocycles. The zero-order chi connectivity index (χ0) is 13.7. The van der Waals surface area contributed by atoms with E-state index < -0.39 is 5.38 Å². The zero-order valence-corrected chi connectivity index (χ0v) is 11.3. The summed E-state index contributed by atoms with van der Waals surface area (Å²) < 4.78 is 1.82. The SMILES string of the molecule is Cn1cnnc1CCNC(=O)C(Cl)c1ccccc1. The van der Waals surface area contributed by atoms with E-state index in [0.717, 1.165) is 11.4 Å². The number of benzene rings is 1. The van der Waals surface area contributed by atoms with Gasteiger partial charge in [-0.3, -0.25) is 4.79 Å². The van der Waals surface area contributed by atoms with Crippen molar-refractivity contribution >= 4 is 17.5 Å². The van der Waals surface area contributed by atoms with E-state index in [4.69, 9.17) is 11.6 Å². The molecule has 6 heteroatoms. The van der Waals surface area contributed by atoms with Crippen molar-refractivity contribution in [2.75, 3.05) is 6.54 Å². The maximum Gasteiger partial charge on any atom is 0.242 e. The van der Waals surface area contributed by atoms with E-state index in [1.807, 2.05) is 41.9 Å². The molecule has 1 amide bonds. The first-order chi connectivity index (χ1) is 9.18. The molecule has 0 fully saturated rings. The number of carbonyl (C=O) groups is 1. The summed E-state index contributed by atoms with van der Waals surface area (Å²) in [7, 11) is 1.87. The molecule has 1 atom stereocenters. The lowest BCUT2D eigenvalue weighted by atomic mass is 10.1. The van der Waals surface area contributed by atoms with Crippen LogP contribution in [0.5, 0.6) is 0 Å². The normalized spacial score (nSPS) is 12.1. The first-order valence-corrected chi connectivity index (χ1v) is 6.41. The predicted molar refractivity (Wildman–Crippen MR) is 72.8 cm³/mol. The molecule has 1 N–H and O–H groups in total. The van der Waals surface area contributed by atoms with Gasteiger partial charge in [-0.15, -0.1) is 21.8 Å². The highest BCUT2D eigenvalue weighted by atomic mass is 35.5. The Balaban J connectivity index is 1.83. The van der Waals surface area contributed by atoms with E-state index >= 15 is 0 Å². The molecule has 0 saturated carbocycles. The number of nitrogens with one attached hydrogen (secondary N) is 1. The van der Waals surface area contributed by atoms with Crippen molar-refractivity contribution in [2.24, 2.45) is 7.05 Å². The van der Waals surface area contributed by atoms with Gasteiger partial charge in [-0.25, -0.2) is 0 Å². The molecule has 19 heavy (non-hydrogen) atoms. The van der Waals surface area contributed by atoms with Gasteiger partial charge in [-0.1, -0.05) is 30.3 Å². The van der Waals surface area contributed by atoms with Crippen molar-refractivity contribution in [3.63, 3.8) is 0 Å². The van der Waals surface area contributed by atoms with Crippen LogP contribution < -0.4 is 5.32 Å². The molecule has 100 valence electrons. The van der Waals surface area contributed by atoms with Gasteiger partial charge >= 0.3 is 0 Å². The Bertz CT molecular complexity index is 541. The molecule has 5 nitrogen and oxygen atoms in total. The maximum atomic E-state index is 11.9. The number of halogens is 1. The van der Waals surface area contributed by atoms with Crippen molar-refractivity contribution < 1.29 is 4.79 Å². The lowest BCUT2D eigenvalue weighted by Gasteiger charge is -2.10. The van der Waals surface area contributed by atoms with Gasteiger partial charge in [0.05, 0.1) is 0 Å². The number of nitrogens with zero attached hydrogens (tertiary/aromatic N) is 3. The fourth-order valence-corrected chi connectivity index (χ4v) is 1.92. The van der Waals surface area contributed by atoms with Crippen molar-refractivity contribution in [2.45, 2.75) is 11.8 Å². The Hall–Kier alpha value is -1.88. The van der Waals surface area contributed by atoms with Crippen LogP contribution in [-0.2, 0) is 18.3 Å². The second-order valence-corrected chi connectivity index (χ2v) is 4.61. The van der Waals surface area contributed by atoms with Crippen molar-refractivity contribution in [3.8, 4) is 0 Å². The highest BCUT2D eigenvalue weighted by Crippen LogP contribution is 2.19. The third kappa shape index (κ3) is 3.54. The first-order valence-electron chi connectivity index (χ1n) is 5.98. The smallest absolute Gasteiger partial charge is 0.242 e.